The normalized spacial score (nSPS) is 16.1. The fourth-order valence-electron chi connectivity index (χ4n) is 2.52. The van der Waals surface area contributed by atoms with Gasteiger partial charge in [0.05, 0.1) is 18.4 Å². The Morgan fingerprint density at radius 1 is 0.950 bits per heavy atom. The molecule has 0 N–H and O–H groups in total. The van der Waals surface area contributed by atoms with E-state index in [-0.39, 0.29) is 5.91 Å². The average Bonchev–Trinajstić information content (AvgIpc) is 2.71. The lowest BCUT2D eigenvalue weighted by Gasteiger charge is -2.23. The molecule has 3 rings (SSSR count). The molecule has 1 saturated heterocycles. The van der Waals surface area contributed by atoms with Crippen molar-refractivity contribution >= 4 is 17.3 Å². The number of pyridine rings is 1. The predicted molar refractivity (Wildman–Crippen MR) is 79.9 cm³/mol. The molecule has 0 aliphatic carbocycles. The quantitative estimate of drug-likeness (QED) is 0.838. The maximum Gasteiger partial charge on any atom is 0.246 e. The molecule has 0 atom stereocenters. The minimum atomic E-state index is 0.124. The molecular weight excluding hydrogens is 250 g/mol. The number of anilines is 2. The van der Waals surface area contributed by atoms with Crippen molar-refractivity contribution in [2.45, 2.75) is 6.42 Å². The highest BCUT2D eigenvalue weighted by molar-refractivity contribution is 5.96. The molecule has 4 nitrogen and oxygen atoms in total. The van der Waals surface area contributed by atoms with Gasteiger partial charge < -0.3 is 9.80 Å². The lowest BCUT2D eigenvalue weighted by molar-refractivity contribution is -0.117. The molecule has 0 bridgehead atoms. The van der Waals surface area contributed by atoms with Crippen LogP contribution in [0.5, 0.6) is 0 Å². The maximum atomic E-state index is 12.5. The lowest BCUT2D eigenvalue weighted by Crippen LogP contribution is -2.36. The molecule has 20 heavy (non-hydrogen) atoms. The third-order valence-corrected chi connectivity index (χ3v) is 3.52. The Labute approximate surface area is 118 Å². The van der Waals surface area contributed by atoms with Crippen LogP contribution < -0.4 is 9.80 Å². The van der Waals surface area contributed by atoms with Gasteiger partial charge in [0, 0.05) is 25.0 Å². The largest absolute Gasteiger partial charge is 0.362 e. The third-order valence-electron chi connectivity index (χ3n) is 3.52. The molecule has 2 aromatic rings. The first-order chi connectivity index (χ1) is 9.84. The van der Waals surface area contributed by atoms with Gasteiger partial charge in [0.25, 0.3) is 0 Å². The number of hydrogen-bond donors (Lipinski definition) is 0. The number of para-hydroxylation sites is 1. The molecule has 1 fully saturated rings. The Morgan fingerprint density at radius 2 is 1.75 bits per heavy atom. The molecule has 102 valence electrons. The fourth-order valence-corrected chi connectivity index (χ4v) is 2.52. The Morgan fingerprint density at radius 3 is 2.50 bits per heavy atom. The number of carbonyl (C=O) groups is 1. The Bertz CT molecular complexity index is 571. The van der Waals surface area contributed by atoms with Gasteiger partial charge in [-0.15, -0.1) is 0 Å². The second-order valence-electron chi connectivity index (χ2n) is 4.87. The van der Waals surface area contributed by atoms with E-state index in [9.17, 15) is 4.79 Å². The average molecular weight is 267 g/mol. The van der Waals surface area contributed by atoms with E-state index in [2.05, 4.69) is 9.88 Å². The smallest absolute Gasteiger partial charge is 0.246 e. The minimum Gasteiger partial charge on any atom is -0.362 e. The Kier molecular flexibility index (Phi) is 3.63. The van der Waals surface area contributed by atoms with E-state index in [1.54, 1.807) is 12.4 Å². The van der Waals surface area contributed by atoms with Crippen LogP contribution in [0.15, 0.2) is 54.9 Å². The SMILES string of the molecule is O=C1CN(c2ccccc2)CCCN1c1cccnc1. The Hall–Kier alpha value is -2.36. The molecule has 0 radical (unpaired) electrons. The highest BCUT2D eigenvalue weighted by atomic mass is 16.2. The van der Waals surface area contributed by atoms with Crippen LogP contribution in [-0.2, 0) is 4.79 Å². The predicted octanol–water partition coefficient (Wildman–Crippen LogP) is 2.32. The van der Waals surface area contributed by atoms with Gasteiger partial charge in [0.1, 0.15) is 0 Å². The number of amides is 1. The van der Waals surface area contributed by atoms with Crippen molar-refractivity contribution in [3.63, 3.8) is 0 Å². The van der Waals surface area contributed by atoms with Crippen LogP contribution in [0, 0.1) is 0 Å². The molecule has 0 saturated carbocycles. The molecule has 0 spiro atoms. The first kappa shape index (κ1) is 12.7. The molecule has 1 aliphatic heterocycles. The van der Waals surface area contributed by atoms with Crippen LogP contribution in [0.4, 0.5) is 11.4 Å². The van der Waals surface area contributed by atoms with Gasteiger partial charge in [0.2, 0.25) is 5.91 Å². The van der Waals surface area contributed by atoms with Crippen LogP contribution in [-0.4, -0.2) is 30.5 Å². The summed E-state index contributed by atoms with van der Waals surface area (Å²) < 4.78 is 0. The highest BCUT2D eigenvalue weighted by Crippen LogP contribution is 2.19. The first-order valence-electron chi connectivity index (χ1n) is 6.85. The monoisotopic (exact) mass is 267 g/mol. The van der Waals surface area contributed by atoms with E-state index in [1.807, 2.05) is 47.4 Å². The first-order valence-corrected chi connectivity index (χ1v) is 6.85. The van der Waals surface area contributed by atoms with Crippen molar-refractivity contribution < 1.29 is 4.79 Å². The third kappa shape index (κ3) is 2.64. The molecule has 1 aliphatic rings. The van der Waals surface area contributed by atoms with Crippen molar-refractivity contribution in [3.8, 4) is 0 Å². The summed E-state index contributed by atoms with van der Waals surface area (Å²) in [4.78, 5) is 20.5. The van der Waals surface area contributed by atoms with Crippen molar-refractivity contribution in [3.05, 3.63) is 54.9 Å². The second-order valence-corrected chi connectivity index (χ2v) is 4.87. The van der Waals surface area contributed by atoms with E-state index in [0.717, 1.165) is 30.9 Å². The summed E-state index contributed by atoms with van der Waals surface area (Å²) in [7, 11) is 0. The summed E-state index contributed by atoms with van der Waals surface area (Å²) in [5, 5.41) is 0. The zero-order valence-electron chi connectivity index (χ0n) is 11.3. The van der Waals surface area contributed by atoms with E-state index in [1.165, 1.54) is 0 Å². The van der Waals surface area contributed by atoms with Gasteiger partial charge in [0.15, 0.2) is 0 Å². The van der Waals surface area contributed by atoms with Crippen molar-refractivity contribution in [2.24, 2.45) is 0 Å². The van der Waals surface area contributed by atoms with Crippen molar-refractivity contribution in [1.82, 2.24) is 4.98 Å². The number of nitrogens with zero attached hydrogens (tertiary/aromatic N) is 3. The van der Waals surface area contributed by atoms with Gasteiger partial charge in [-0.05, 0) is 30.7 Å². The fraction of sp³-hybridized carbons (Fsp3) is 0.250. The molecular formula is C16H17N3O. The number of rotatable bonds is 2. The number of aromatic nitrogens is 1. The van der Waals surface area contributed by atoms with Crippen molar-refractivity contribution in [1.29, 1.82) is 0 Å². The zero-order valence-corrected chi connectivity index (χ0v) is 11.3. The second kappa shape index (κ2) is 5.74. The van der Waals surface area contributed by atoms with E-state index < -0.39 is 0 Å². The molecule has 0 unspecified atom stereocenters. The van der Waals surface area contributed by atoms with Crippen LogP contribution in [0.1, 0.15) is 6.42 Å². The van der Waals surface area contributed by atoms with E-state index in [0.29, 0.717) is 6.54 Å². The zero-order chi connectivity index (χ0) is 13.8. The van der Waals surface area contributed by atoms with Crippen LogP contribution in [0.2, 0.25) is 0 Å². The summed E-state index contributed by atoms with van der Waals surface area (Å²) in [6.45, 7) is 2.05. The summed E-state index contributed by atoms with van der Waals surface area (Å²) in [5.74, 6) is 0.124. The molecule has 1 amide bonds. The van der Waals surface area contributed by atoms with Gasteiger partial charge in [-0.3, -0.25) is 9.78 Å². The molecule has 2 heterocycles. The summed E-state index contributed by atoms with van der Waals surface area (Å²) in [6, 6.07) is 13.9. The summed E-state index contributed by atoms with van der Waals surface area (Å²) in [5.41, 5.74) is 1.99. The number of carbonyl (C=O) groups excluding carboxylic acids is 1. The van der Waals surface area contributed by atoms with Gasteiger partial charge in [-0.1, -0.05) is 18.2 Å². The molecule has 1 aromatic carbocycles. The van der Waals surface area contributed by atoms with Crippen LogP contribution >= 0.6 is 0 Å². The van der Waals surface area contributed by atoms with E-state index in [4.69, 9.17) is 0 Å². The van der Waals surface area contributed by atoms with Gasteiger partial charge >= 0.3 is 0 Å². The van der Waals surface area contributed by atoms with E-state index >= 15 is 0 Å². The maximum absolute atomic E-state index is 12.5. The molecule has 1 aromatic heterocycles. The minimum absolute atomic E-state index is 0.124. The lowest BCUT2D eigenvalue weighted by atomic mass is 10.2. The summed E-state index contributed by atoms with van der Waals surface area (Å²) >= 11 is 0. The van der Waals surface area contributed by atoms with Crippen molar-refractivity contribution in [2.75, 3.05) is 29.4 Å². The number of benzene rings is 1. The molecule has 4 heteroatoms. The van der Waals surface area contributed by atoms with Crippen LogP contribution in [0.3, 0.4) is 0 Å². The van der Waals surface area contributed by atoms with Gasteiger partial charge in [-0.25, -0.2) is 0 Å². The highest BCUT2D eigenvalue weighted by Gasteiger charge is 2.22. The Balaban J connectivity index is 1.79. The summed E-state index contributed by atoms with van der Waals surface area (Å²) in [6.07, 6.45) is 4.42. The number of hydrogen-bond acceptors (Lipinski definition) is 3. The standard InChI is InChI=1S/C16H17N3O/c20-16-13-18(14-6-2-1-3-7-14)10-5-11-19(16)15-8-4-9-17-12-15/h1-4,6-9,12H,5,10-11,13H2. The van der Waals surface area contributed by atoms with Crippen LogP contribution in [0.25, 0.3) is 0 Å². The topological polar surface area (TPSA) is 36.4 Å². The van der Waals surface area contributed by atoms with Gasteiger partial charge in [-0.2, -0.15) is 0 Å².